The van der Waals surface area contributed by atoms with Crippen LogP contribution in [0.5, 0.6) is 0 Å². The number of aliphatic hydroxyl groups is 1. The Morgan fingerprint density at radius 1 is 1.25 bits per heavy atom. The molecule has 2 unspecified atom stereocenters. The minimum Gasteiger partial charge on any atom is -0.444 e. The van der Waals surface area contributed by atoms with Crippen molar-refractivity contribution in [3.05, 3.63) is 0 Å². The molecule has 0 saturated carbocycles. The Morgan fingerprint density at radius 3 is 2.25 bits per heavy atom. The number of hydrogen-bond donors (Lipinski definition) is 3. The summed E-state index contributed by atoms with van der Waals surface area (Å²) in [5.41, 5.74) is -0.666. The van der Waals surface area contributed by atoms with Gasteiger partial charge in [0.2, 0.25) is 0 Å². The van der Waals surface area contributed by atoms with Gasteiger partial charge in [-0.3, -0.25) is 9.59 Å². The molecule has 0 aliphatic carbocycles. The number of hydrogen-bond acceptors (Lipinski definition) is 6. The van der Waals surface area contributed by atoms with E-state index in [4.69, 9.17) is 4.74 Å². The fraction of sp³-hybridized carbons (Fsp3) is 0.750. The Hall–Kier alpha value is -1.83. The molecule has 8 heteroatoms. The summed E-state index contributed by atoms with van der Waals surface area (Å²) in [5.74, 6) is -1.33. The lowest BCUT2D eigenvalue weighted by Gasteiger charge is -2.21. The molecule has 0 fully saturated rings. The number of amides is 2. The largest absolute Gasteiger partial charge is 0.444 e. The SMILES string of the molecule is CC(=O)OC(C)NC(=O)C(O)CNC(=O)OC(C)(C)C. The van der Waals surface area contributed by atoms with Crippen LogP contribution in [0, 0.1) is 0 Å². The summed E-state index contributed by atoms with van der Waals surface area (Å²) in [4.78, 5) is 33.4. The third-order valence-corrected chi connectivity index (χ3v) is 1.83. The third-order valence-electron chi connectivity index (χ3n) is 1.83. The van der Waals surface area contributed by atoms with Crippen LogP contribution in [0.15, 0.2) is 0 Å². The van der Waals surface area contributed by atoms with Crippen molar-refractivity contribution < 1.29 is 29.0 Å². The van der Waals surface area contributed by atoms with Crippen molar-refractivity contribution in [3.63, 3.8) is 0 Å². The van der Waals surface area contributed by atoms with Gasteiger partial charge in [0.25, 0.3) is 5.91 Å². The van der Waals surface area contributed by atoms with Gasteiger partial charge in [0.15, 0.2) is 6.23 Å². The molecule has 2 amide bonds. The first-order chi connectivity index (χ1) is 9.01. The third kappa shape index (κ3) is 9.15. The van der Waals surface area contributed by atoms with Crippen molar-refractivity contribution >= 4 is 18.0 Å². The number of aliphatic hydroxyl groups excluding tert-OH is 1. The summed E-state index contributed by atoms with van der Waals surface area (Å²) in [6.07, 6.45) is -3.07. The average Bonchev–Trinajstić information content (AvgIpc) is 2.21. The van der Waals surface area contributed by atoms with E-state index in [-0.39, 0.29) is 6.54 Å². The molecule has 0 aliphatic rings. The smallest absolute Gasteiger partial charge is 0.407 e. The Bertz CT molecular complexity index is 363. The highest BCUT2D eigenvalue weighted by molar-refractivity contribution is 5.81. The predicted molar refractivity (Wildman–Crippen MR) is 69.6 cm³/mol. The summed E-state index contributed by atoms with van der Waals surface area (Å²) >= 11 is 0. The van der Waals surface area contributed by atoms with Gasteiger partial charge < -0.3 is 25.2 Å². The Morgan fingerprint density at radius 2 is 1.80 bits per heavy atom. The van der Waals surface area contributed by atoms with Crippen molar-refractivity contribution in [3.8, 4) is 0 Å². The van der Waals surface area contributed by atoms with E-state index in [2.05, 4.69) is 15.4 Å². The van der Waals surface area contributed by atoms with Crippen molar-refractivity contribution in [2.45, 2.75) is 52.6 Å². The van der Waals surface area contributed by atoms with Crippen molar-refractivity contribution in [2.75, 3.05) is 6.54 Å². The topological polar surface area (TPSA) is 114 Å². The molecule has 0 bridgehead atoms. The minimum absolute atomic E-state index is 0.312. The van der Waals surface area contributed by atoms with Crippen LogP contribution in [0.2, 0.25) is 0 Å². The van der Waals surface area contributed by atoms with Gasteiger partial charge >= 0.3 is 12.1 Å². The van der Waals surface area contributed by atoms with E-state index in [1.54, 1.807) is 20.8 Å². The number of alkyl carbamates (subject to hydrolysis) is 1. The van der Waals surface area contributed by atoms with Gasteiger partial charge in [-0.25, -0.2) is 4.79 Å². The molecule has 0 spiro atoms. The quantitative estimate of drug-likeness (QED) is 0.481. The van der Waals surface area contributed by atoms with Gasteiger partial charge in [-0.15, -0.1) is 0 Å². The van der Waals surface area contributed by atoms with Gasteiger partial charge in [-0.05, 0) is 27.7 Å². The van der Waals surface area contributed by atoms with Crippen LogP contribution < -0.4 is 10.6 Å². The predicted octanol–water partition coefficient (Wildman–Crippen LogP) is -0.103. The van der Waals surface area contributed by atoms with Gasteiger partial charge in [0.05, 0.1) is 6.54 Å². The summed E-state index contributed by atoms with van der Waals surface area (Å²) in [6, 6.07) is 0. The maximum Gasteiger partial charge on any atom is 0.407 e. The van der Waals surface area contributed by atoms with Crippen LogP contribution in [0.1, 0.15) is 34.6 Å². The van der Waals surface area contributed by atoms with Crippen LogP contribution in [0.3, 0.4) is 0 Å². The number of carbonyl (C=O) groups is 3. The van der Waals surface area contributed by atoms with Crippen LogP contribution in [0.25, 0.3) is 0 Å². The highest BCUT2D eigenvalue weighted by Crippen LogP contribution is 2.06. The molecule has 116 valence electrons. The van der Waals surface area contributed by atoms with E-state index >= 15 is 0 Å². The van der Waals surface area contributed by atoms with E-state index in [1.807, 2.05) is 0 Å². The highest BCUT2D eigenvalue weighted by atomic mass is 16.6. The lowest BCUT2D eigenvalue weighted by molar-refractivity contribution is -0.149. The number of ether oxygens (including phenoxy) is 2. The second-order valence-electron chi connectivity index (χ2n) is 5.16. The lowest BCUT2D eigenvalue weighted by Crippen LogP contribution is -2.47. The summed E-state index contributed by atoms with van der Waals surface area (Å²) < 4.78 is 9.61. The van der Waals surface area contributed by atoms with E-state index in [0.29, 0.717) is 0 Å². The highest BCUT2D eigenvalue weighted by Gasteiger charge is 2.21. The Labute approximate surface area is 117 Å². The number of rotatable bonds is 5. The zero-order chi connectivity index (χ0) is 15.9. The van der Waals surface area contributed by atoms with Crippen LogP contribution in [-0.2, 0) is 19.1 Å². The molecule has 0 aromatic rings. The fourth-order valence-electron chi connectivity index (χ4n) is 1.16. The number of nitrogens with one attached hydrogen (secondary N) is 2. The van der Waals surface area contributed by atoms with Gasteiger partial charge in [0, 0.05) is 6.92 Å². The molecule has 20 heavy (non-hydrogen) atoms. The first-order valence-electron chi connectivity index (χ1n) is 6.14. The van der Waals surface area contributed by atoms with Gasteiger partial charge in [0.1, 0.15) is 11.7 Å². The number of carbonyl (C=O) groups excluding carboxylic acids is 3. The molecular weight excluding hydrogens is 268 g/mol. The van der Waals surface area contributed by atoms with E-state index in [0.717, 1.165) is 0 Å². The summed E-state index contributed by atoms with van der Waals surface area (Å²) in [7, 11) is 0. The second-order valence-corrected chi connectivity index (χ2v) is 5.16. The van der Waals surface area contributed by atoms with Gasteiger partial charge in [-0.2, -0.15) is 0 Å². The molecule has 8 nitrogen and oxygen atoms in total. The minimum atomic E-state index is -1.47. The first-order valence-corrected chi connectivity index (χ1v) is 6.14. The molecule has 0 aromatic heterocycles. The van der Waals surface area contributed by atoms with Crippen LogP contribution in [0.4, 0.5) is 4.79 Å². The lowest BCUT2D eigenvalue weighted by atomic mass is 10.2. The Balaban J connectivity index is 4.08. The zero-order valence-electron chi connectivity index (χ0n) is 12.4. The molecule has 0 aromatic carbocycles. The van der Waals surface area contributed by atoms with Crippen LogP contribution in [-0.4, -0.2) is 47.6 Å². The molecule has 3 N–H and O–H groups in total. The molecular formula is C12H22N2O6. The molecule has 0 rings (SSSR count). The van der Waals surface area contributed by atoms with Crippen molar-refractivity contribution in [1.82, 2.24) is 10.6 Å². The standard InChI is InChI=1S/C12H22N2O6/c1-7(19-8(2)15)14-10(17)9(16)6-13-11(18)20-12(3,4)5/h7,9,16H,6H2,1-5H3,(H,13,18)(H,14,17). The summed E-state index contributed by atoms with van der Waals surface area (Å²) in [5, 5.41) is 14.0. The monoisotopic (exact) mass is 290 g/mol. The van der Waals surface area contributed by atoms with E-state index in [9.17, 15) is 19.5 Å². The van der Waals surface area contributed by atoms with E-state index < -0.39 is 35.9 Å². The molecule has 0 heterocycles. The molecule has 0 saturated heterocycles. The second kappa shape index (κ2) is 7.68. The maximum absolute atomic E-state index is 11.5. The molecule has 0 aliphatic heterocycles. The van der Waals surface area contributed by atoms with Gasteiger partial charge in [-0.1, -0.05) is 0 Å². The normalized spacial score (nSPS) is 13.9. The van der Waals surface area contributed by atoms with Crippen molar-refractivity contribution in [2.24, 2.45) is 0 Å². The number of esters is 1. The molecule has 0 radical (unpaired) electrons. The average molecular weight is 290 g/mol. The first kappa shape index (κ1) is 18.2. The van der Waals surface area contributed by atoms with E-state index in [1.165, 1.54) is 13.8 Å². The fourth-order valence-corrected chi connectivity index (χ4v) is 1.16. The summed E-state index contributed by atoms with van der Waals surface area (Å²) in [6.45, 7) is 7.40. The van der Waals surface area contributed by atoms with Crippen molar-refractivity contribution in [1.29, 1.82) is 0 Å². The molecule has 2 atom stereocenters. The maximum atomic E-state index is 11.5. The van der Waals surface area contributed by atoms with Crippen LogP contribution >= 0.6 is 0 Å². The zero-order valence-corrected chi connectivity index (χ0v) is 12.4. The Kier molecular flexibility index (Phi) is 6.98.